The maximum Gasteiger partial charge on any atom is 0.119 e. The molecule has 0 aliphatic rings. The van der Waals surface area contributed by atoms with Crippen LogP contribution in [-0.2, 0) is 0 Å². The molecule has 0 N–H and O–H groups in total. The molecule has 0 amide bonds. The molecular formula is C22H27NO. The summed E-state index contributed by atoms with van der Waals surface area (Å²) in [5.41, 5.74) is 1.34. The van der Waals surface area contributed by atoms with Crippen molar-refractivity contribution in [2.75, 3.05) is 19.7 Å². The van der Waals surface area contributed by atoms with Crippen LogP contribution in [0.3, 0.4) is 0 Å². The van der Waals surface area contributed by atoms with E-state index in [2.05, 4.69) is 60.9 Å². The number of hydrogen-bond acceptors (Lipinski definition) is 2. The smallest absolute Gasteiger partial charge is 0.119 e. The number of hydrogen-bond donors (Lipinski definition) is 0. The monoisotopic (exact) mass is 321 g/mol. The van der Waals surface area contributed by atoms with Gasteiger partial charge in [-0.1, -0.05) is 66.8 Å². The molecule has 2 aromatic carbocycles. The van der Waals surface area contributed by atoms with Crippen LogP contribution in [-0.4, -0.2) is 24.6 Å². The maximum atomic E-state index is 5.66. The standard InChI is InChI=1S/C22H27NO/c1-3-17-23(20(2)21-13-7-4-8-14-21)18-11-6-12-19-24-22-15-9-5-10-16-22/h3-10,12-16,20H,1,11,17-19H2,2H3/b12-6-/t20-/m1/s1. The van der Waals surface area contributed by atoms with Gasteiger partial charge in [0.1, 0.15) is 12.4 Å². The molecule has 0 saturated heterocycles. The number of para-hydroxylation sites is 1. The number of rotatable bonds is 10. The highest BCUT2D eigenvalue weighted by atomic mass is 16.5. The highest BCUT2D eigenvalue weighted by Gasteiger charge is 2.13. The molecule has 24 heavy (non-hydrogen) atoms. The second-order valence-corrected chi connectivity index (χ2v) is 5.75. The third-order valence-corrected chi connectivity index (χ3v) is 4.03. The van der Waals surface area contributed by atoms with Crippen LogP contribution in [0.2, 0.25) is 0 Å². The van der Waals surface area contributed by atoms with Gasteiger partial charge in [0.2, 0.25) is 0 Å². The number of benzene rings is 2. The van der Waals surface area contributed by atoms with Gasteiger partial charge in [0.05, 0.1) is 0 Å². The van der Waals surface area contributed by atoms with Crippen molar-refractivity contribution in [3.05, 3.63) is 91.0 Å². The quantitative estimate of drug-likeness (QED) is 0.553. The third kappa shape index (κ3) is 6.05. The molecule has 0 spiro atoms. The minimum absolute atomic E-state index is 0.387. The van der Waals surface area contributed by atoms with Gasteiger partial charge in [-0.05, 0) is 31.0 Å². The Bertz CT molecular complexity index is 606. The summed E-state index contributed by atoms with van der Waals surface area (Å²) in [6, 6.07) is 20.9. The molecule has 0 radical (unpaired) electrons. The summed E-state index contributed by atoms with van der Waals surface area (Å²) in [4.78, 5) is 2.44. The van der Waals surface area contributed by atoms with E-state index < -0.39 is 0 Å². The molecule has 2 rings (SSSR count). The second-order valence-electron chi connectivity index (χ2n) is 5.75. The van der Waals surface area contributed by atoms with E-state index in [1.807, 2.05) is 36.4 Å². The fraction of sp³-hybridized carbons (Fsp3) is 0.273. The molecule has 2 nitrogen and oxygen atoms in total. The summed E-state index contributed by atoms with van der Waals surface area (Å²) in [6.45, 7) is 8.65. The summed E-state index contributed by atoms with van der Waals surface area (Å²) in [5.74, 6) is 0.910. The molecule has 0 fully saturated rings. The normalized spacial score (nSPS) is 12.4. The Morgan fingerprint density at radius 2 is 1.67 bits per heavy atom. The minimum Gasteiger partial charge on any atom is -0.490 e. The molecule has 0 aliphatic heterocycles. The minimum atomic E-state index is 0.387. The van der Waals surface area contributed by atoms with Crippen LogP contribution < -0.4 is 4.74 Å². The van der Waals surface area contributed by atoms with Gasteiger partial charge >= 0.3 is 0 Å². The first-order chi connectivity index (χ1) is 11.8. The van der Waals surface area contributed by atoms with Crippen LogP contribution in [0.25, 0.3) is 0 Å². The Morgan fingerprint density at radius 1 is 1.00 bits per heavy atom. The van der Waals surface area contributed by atoms with E-state index in [0.29, 0.717) is 12.6 Å². The largest absolute Gasteiger partial charge is 0.490 e. The van der Waals surface area contributed by atoms with Gasteiger partial charge in [0.25, 0.3) is 0 Å². The van der Waals surface area contributed by atoms with Crippen molar-refractivity contribution in [3.8, 4) is 5.75 Å². The second kappa shape index (κ2) is 10.5. The Balaban J connectivity index is 1.77. The molecule has 0 aliphatic carbocycles. The van der Waals surface area contributed by atoms with Gasteiger partial charge in [0, 0.05) is 19.1 Å². The van der Waals surface area contributed by atoms with Gasteiger partial charge in [-0.25, -0.2) is 0 Å². The van der Waals surface area contributed by atoms with Gasteiger partial charge < -0.3 is 4.74 Å². The average Bonchev–Trinajstić information content (AvgIpc) is 2.64. The van der Waals surface area contributed by atoms with E-state index in [-0.39, 0.29) is 0 Å². The third-order valence-electron chi connectivity index (χ3n) is 4.03. The lowest BCUT2D eigenvalue weighted by atomic mass is 10.1. The lowest BCUT2D eigenvalue weighted by molar-refractivity contribution is 0.238. The maximum absolute atomic E-state index is 5.66. The Labute approximate surface area is 146 Å². The number of nitrogens with zero attached hydrogens (tertiary/aromatic N) is 1. The van der Waals surface area contributed by atoms with Crippen molar-refractivity contribution in [2.45, 2.75) is 19.4 Å². The van der Waals surface area contributed by atoms with Gasteiger partial charge in [0.15, 0.2) is 0 Å². The van der Waals surface area contributed by atoms with Gasteiger partial charge in [-0.15, -0.1) is 6.58 Å². The van der Waals surface area contributed by atoms with Crippen molar-refractivity contribution in [1.29, 1.82) is 0 Å². The Kier molecular flexibility index (Phi) is 7.85. The van der Waals surface area contributed by atoms with Crippen LogP contribution in [0.15, 0.2) is 85.5 Å². The molecular weight excluding hydrogens is 294 g/mol. The Morgan fingerprint density at radius 3 is 2.33 bits per heavy atom. The van der Waals surface area contributed by atoms with Crippen LogP contribution >= 0.6 is 0 Å². The predicted octanol–water partition coefficient (Wildman–Crippen LogP) is 5.26. The summed E-state index contributed by atoms with van der Waals surface area (Å²) < 4.78 is 5.66. The van der Waals surface area contributed by atoms with Crippen LogP contribution in [0.5, 0.6) is 5.75 Å². The highest BCUT2D eigenvalue weighted by Crippen LogP contribution is 2.20. The lowest BCUT2D eigenvalue weighted by Crippen LogP contribution is -2.28. The first kappa shape index (κ1) is 18.0. The average molecular weight is 321 g/mol. The predicted molar refractivity (Wildman–Crippen MR) is 102 cm³/mol. The van der Waals surface area contributed by atoms with Crippen molar-refractivity contribution < 1.29 is 4.74 Å². The van der Waals surface area contributed by atoms with Crippen molar-refractivity contribution in [3.63, 3.8) is 0 Å². The highest BCUT2D eigenvalue weighted by molar-refractivity contribution is 5.21. The molecule has 0 heterocycles. The van der Waals surface area contributed by atoms with E-state index in [9.17, 15) is 0 Å². The molecule has 0 saturated carbocycles. The topological polar surface area (TPSA) is 12.5 Å². The zero-order chi connectivity index (χ0) is 17.0. The van der Waals surface area contributed by atoms with E-state index in [4.69, 9.17) is 4.74 Å². The fourth-order valence-corrected chi connectivity index (χ4v) is 2.64. The Hall–Kier alpha value is -2.32. The molecule has 126 valence electrons. The van der Waals surface area contributed by atoms with Gasteiger partial charge in [-0.2, -0.15) is 0 Å². The fourth-order valence-electron chi connectivity index (χ4n) is 2.64. The molecule has 2 aromatic rings. The first-order valence-electron chi connectivity index (χ1n) is 8.54. The molecule has 0 bridgehead atoms. The summed E-state index contributed by atoms with van der Waals surface area (Å²) in [5, 5.41) is 0. The molecule has 2 heteroatoms. The van der Waals surface area contributed by atoms with E-state index >= 15 is 0 Å². The van der Waals surface area contributed by atoms with Crippen LogP contribution in [0.4, 0.5) is 0 Å². The SMILES string of the molecule is C=CCN(CC/C=C\COc1ccccc1)[C@H](C)c1ccccc1. The van der Waals surface area contributed by atoms with Crippen LogP contribution in [0, 0.1) is 0 Å². The summed E-state index contributed by atoms with van der Waals surface area (Å²) in [7, 11) is 0. The number of ether oxygens (including phenoxy) is 1. The van der Waals surface area contributed by atoms with Crippen molar-refractivity contribution in [1.82, 2.24) is 4.90 Å². The lowest BCUT2D eigenvalue weighted by Gasteiger charge is -2.28. The molecule has 0 unspecified atom stereocenters. The van der Waals surface area contributed by atoms with Crippen LogP contribution in [0.1, 0.15) is 24.9 Å². The van der Waals surface area contributed by atoms with E-state index in [1.165, 1.54) is 5.56 Å². The van der Waals surface area contributed by atoms with Gasteiger partial charge in [-0.3, -0.25) is 4.90 Å². The summed E-state index contributed by atoms with van der Waals surface area (Å²) in [6.07, 6.45) is 7.26. The summed E-state index contributed by atoms with van der Waals surface area (Å²) >= 11 is 0. The molecule has 1 atom stereocenters. The van der Waals surface area contributed by atoms with E-state index in [0.717, 1.165) is 25.3 Å². The van der Waals surface area contributed by atoms with Crippen molar-refractivity contribution >= 4 is 0 Å². The van der Waals surface area contributed by atoms with Crippen molar-refractivity contribution in [2.24, 2.45) is 0 Å². The zero-order valence-electron chi connectivity index (χ0n) is 14.5. The van der Waals surface area contributed by atoms with E-state index in [1.54, 1.807) is 0 Å². The zero-order valence-corrected chi connectivity index (χ0v) is 14.5. The molecule has 0 aromatic heterocycles. The first-order valence-corrected chi connectivity index (χ1v) is 8.54.